The van der Waals surface area contributed by atoms with Gasteiger partial charge >= 0.3 is 0 Å². The van der Waals surface area contributed by atoms with Crippen molar-refractivity contribution in [3.05, 3.63) is 82.9 Å². The van der Waals surface area contributed by atoms with Gasteiger partial charge in [-0.3, -0.25) is 4.79 Å². The smallest absolute Gasteiger partial charge is 0.257 e. The summed E-state index contributed by atoms with van der Waals surface area (Å²) in [5.74, 6) is -1.49. The molecule has 2 atom stereocenters. The monoisotopic (exact) mass is 555 g/mol. The molecule has 0 bridgehead atoms. The number of hydrogen-bond donors (Lipinski definition) is 1. The van der Waals surface area contributed by atoms with E-state index in [-0.39, 0.29) is 17.3 Å². The highest BCUT2D eigenvalue weighted by Crippen LogP contribution is 2.35. The van der Waals surface area contributed by atoms with Crippen molar-refractivity contribution in [1.29, 1.82) is 0 Å². The van der Waals surface area contributed by atoms with Gasteiger partial charge in [0.15, 0.2) is 11.6 Å². The highest BCUT2D eigenvalue weighted by Gasteiger charge is 2.42. The van der Waals surface area contributed by atoms with Gasteiger partial charge in [-0.05, 0) is 62.6 Å². The van der Waals surface area contributed by atoms with E-state index in [9.17, 15) is 22.0 Å². The fraction of sp³-hybridized carbons (Fsp3) is 0.393. The maximum atomic E-state index is 13.4. The van der Waals surface area contributed by atoms with Crippen molar-refractivity contribution in [3.8, 4) is 0 Å². The van der Waals surface area contributed by atoms with Crippen molar-refractivity contribution in [1.82, 2.24) is 19.6 Å². The van der Waals surface area contributed by atoms with E-state index in [0.717, 1.165) is 36.5 Å². The van der Waals surface area contributed by atoms with Gasteiger partial charge in [-0.15, -0.1) is 0 Å². The summed E-state index contributed by atoms with van der Waals surface area (Å²) in [6.45, 7) is 7.03. The summed E-state index contributed by atoms with van der Waals surface area (Å²) in [4.78, 5) is 25.6. The highest BCUT2D eigenvalue weighted by molar-refractivity contribution is 7.89. The predicted octanol–water partition coefficient (Wildman–Crippen LogP) is 3.49. The molecule has 39 heavy (non-hydrogen) atoms. The van der Waals surface area contributed by atoms with Gasteiger partial charge in [0.05, 0.1) is 21.8 Å². The molecule has 2 saturated heterocycles. The van der Waals surface area contributed by atoms with Crippen molar-refractivity contribution >= 4 is 21.6 Å². The van der Waals surface area contributed by atoms with Crippen LogP contribution in [0.1, 0.15) is 33.7 Å². The highest BCUT2D eigenvalue weighted by atomic mass is 32.2. The SMILES string of the molecule is Cc1ncnc(C)c1C(=O)N1CC2CN(c3cccc(CCCNS(=O)(=O)c4ccc(F)c(F)c4)c3)CC2C1. The number of benzene rings is 2. The quantitative estimate of drug-likeness (QED) is 0.428. The third-order valence-electron chi connectivity index (χ3n) is 7.63. The largest absolute Gasteiger partial charge is 0.371 e. The van der Waals surface area contributed by atoms with E-state index in [4.69, 9.17) is 0 Å². The number of sulfonamides is 1. The Labute approximate surface area is 227 Å². The molecule has 8 nitrogen and oxygen atoms in total. The van der Waals surface area contributed by atoms with E-state index in [2.05, 4.69) is 31.7 Å². The van der Waals surface area contributed by atoms with E-state index in [0.29, 0.717) is 60.8 Å². The summed E-state index contributed by atoms with van der Waals surface area (Å²) in [7, 11) is -3.92. The predicted molar refractivity (Wildman–Crippen MR) is 143 cm³/mol. The molecule has 3 aromatic rings. The number of fused-ring (bicyclic) bond motifs is 1. The van der Waals surface area contributed by atoms with Gasteiger partial charge in [0.1, 0.15) is 6.33 Å². The Hall–Kier alpha value is -3.44. The topological polar surface area (TPSA) is 95.5 Å². The van der Waals surface area contributed by atoms with Gasteiger partial charge in [0.2, 0.25) is 10.0 Å². The summed E-state index contributed by atoms with van der Waals surface area (Å²) in [5.41, 5.74) is 4.23. The zero-order valence-corrected chi connectivity index (χ0v) is 22.7. The Morgan fingerprint density at radius 3 is 2.33 bits per heavy atom. The number of likely N-dealkylation sites (tertiary alicyclic amines) is 1. The molecule has 2 fully saturated rings. The third-order valence-corrected chi connectivity index (χ3v) is 9.08. The number of nitrogens with one attached hydrogen (secondary N) is 1. The van der Waals surface area contributed by atoms with Crippen LogP contribution in [0.3, 0.4) is 0 Å². The lowest BCUT2D eigenvalue weighted by Crippen LogP contribution is -2.34. The Kier molecular flexibility index (Phi) is 7.64. The molecule has 0 saturated carbocycles. The third kappa shape index (κ3) is 5.79. The van der Waals surface area contributed by atoms with E-state index in [1.807, 2.05) is 30.9 Å². The van der Waals surface area contributed by atoms with Crippen LogP contribution in [0.25, 0.3) is 0 Å². The Morgan fingerprint density at radius 1 is 0.974 bits per heavy atom. The minimum Gasteiger partial charge on any atom is -0.371 e. The van der Waals surface area contributed by atoms with Gasteiger partial charge in [0, 0.05) is 50.2 Å². The molecule has 2 aliphatic heterocycles. The van der Waals surface area contributed by atoms with Crippen molar-refractivity contribution in [3.63, 3.8) is 0 Å². The average molecular weight is 556 g/mol. The molecular weight excluding hydrogens is 524 g/mol. The van der Waals surface area contributed by atoms with Crippen LogP contribution in [-0.4, -0.2) is 61.9 Å². The molecule has 1 aromatic heterocycles. The van der Waals surface area contributed by atoms with Crippen LogP contribution in [0.15, 0.2) is 53.7 Å². The average Bonchev–Trinajstić information content (AvgIpc) is 3.48. The molecule has 2 aromatic carbocycles. The van der Waals surface area contributed by atoms with Gasteiger partial charge in [0.25, 0.3) is 5.91 Å². The minimum atomic E-state index is -3.92. The van der Waals surface area contributed by atoms with Crippen LogP contribution in [0.5, 0.6) is 0 Å². The molecule has 3 heterocycles. The fourth-order valence-electron chi connectivity index (χ4n) is 5.57. The first-order valence-electron chi connectivity index (χ1n) is 13.0. The van der Waals surface area contributed by atoms with E-state index in [1.54, 1.807) is 0 Å². The second-order valence-electron chi connectivity index (χ2n) is 10.3. The first-order valence-corrected chi connectivity index (χ1v) is 14.5. The number of halogens is 2. The number of rotatable bonds is 8. The summed E-state index contributed by atoms with van der Waals surface area (Å²) in [5, 5.41) is 0. The number of carbonyl (C=O) groups excluding carboxylic acids is 1. The lowest BCUT2D eigenvalue weighted by Gasteiger charge is -2.24. The Bertz CT molecular complexity index is 1470. The van der Waals surface area contributed by atoms with E-state index in [1.165, 1.54) is 6.33 Å². The number of carbonyl (C=O) groups is 1. The summed E-state index contributed by atoms with van der Waals surface area (Å²) >= 11 is 0. The molecule has 1 amide bonds. The molecule has 2 aliphatic rings. The first-order chi connectivity index (χ1) is 18.6. The number of aromatic nitrogens is 2. The maximum Gasteiger partial charge on any atom is 0.257 e. The second kappa shape index (κ2) is 11.0. The summed E-state index contributed by atoms with van der Waals surface area (Å²) in [6, 6.07) is 10.7. The Balaban J connectivity index is 1.13. The molecule has 2 unspecified atom stereocenters. The zero-order chi connectivity index (χ0) is 27.7. The molecule has 1 N–H and O–H groups in total. The van der Waals surface area contributed by atoms with Crippen molar-refractivity contribution < 1.29 is 22.0 Å². The molecule has 11 heteroatoms. The molecule has 0 radical (unpaired) electrons. The number of hydrogen-bond acceptors (Lipinski definition) is 6. The van der Waals surface area contributed by atoms with Crippen LogP contribution in [0.4, 0.5) is 14.5 Å². The lowest BCUT2D eigenvalue weighted by molar-refractivity contribution is 0.0780. The first kappa shape index (κ1) is 27.1. The summed E-state index contributed by atoms with van der Waals surface area (Å²) < 4.78 is 53.7. The van der Waals surface area contributed by atoms with Crippen LogP contribution in [0, 0.1) is 37.3 Å². The van der Waals surface area contributed by atoms with Crippen molar-refractivity contribution in [2.75, 3.05) is 37.6 Å². The van der Waals surface area contributed by atoms with Crippen LogP contribution >= 0.6 is 0 Å². The number of anilines is 1. The molecule has 206 valence electrons. The summed E-state index contributed by atoms with van der Waals surface area (Å²) in [6.07, 6.45) is 2.70. The van der Waals surface area contributed by atoms with Gasteiger partial charge in [-0.25, -0.2) is 31.9 Å². The van der Waals surface area contributed by atoms with Gasteiger partial charge in [-0.2, -0.15) is 0 Å². The number of amides is 1. The maximum absolute atomic E-state index is 13.4. The molecule has 0 aliphatic carbocycles. The Morgan fingerprint density at radius 2 is 1.67 bits per heavy atom. The fourth-order valence-corrected chi connectivity index (χ4v) is 6.65. The number of aryl methyl sites for hydroxylation is 3. The zero-order valence-electron chi connectivity index (χ0n) is 21.9. The van der Waals surface area contributed by atoms with Crippen LogP contribution in [0.2, 0.25) is 0 Å². The lowest BCUT2D eigenvalue weighted by atomic mass is 10.0. The van der Waals surface area contributed by atoms with E-state index >= 15 is 0 Å². The van der Waals surface area contributed by atoms with Gasteiger partial charge in [-0.1, -0.05) is 12.1 Å². The van der Waals surface area contributed by atoms with Gasteiger partial charge < -0.3 is 9.80 Å². The second-order valence-corrected chi connectivity index (χ2v) is 12.1. The molecule has 0 spiro atoms. The molecular formula is C28H31F2N5O3S. The number of nitrogens with zero attached hydrogens (tertiary/aromatic N) is 4. The standard InChI is InChI=1S/C28H31F2N5O3S/c1-18-27(19(2)32-17-31-18)28(36)35-15-21-13-34(14-22(21)16-35)23-7-3-5-20(11-23)6-4-10-33-39(37,38)24-8-9-25(29)26(30)12-24/h3,5,7-9,11-12,17,21-22,33H,4,6,10,13-16H2,1-2H3. The normalized spacial score (nSPS) is 19.0. The van der Waals surface area contributed by atoms with Crippen LogP contribution < -0.4 is 9.62 Å². The minimum absolute atomic E-state index is 0.00809. The van der Waals surface area contributed by atoms with Crippen molar-refractivity contribution in [2.24, 2.45) is 11.8 Å². The van der Waals surface area contributed by atoms with Crippen LogP contribution in [-0.2, 0) is 16.4 Å². The van der Waals surface area contributed by atoms with E-state index < -0.39 is 21.7 Å². The van der Waals surface area contributed by atoms with Crippen molar-refractivity contribution in [2.45, 2.75) is 31.6 Å². The molecule has 5 rings (SSSR count).